The molecule has 19 heavy (non-hydrogen) atoms. The summed E-state index contributed by atoms with van der Waals surface area (Å²) < 4.78 is 14.3. The highest BCUT2D eigenvalue weighted by molar-refractivity contribution is 7.99. The van der Waals surface area contributed by atoms with Crippen molar-refractivity contribution in [2.24, 2.45) is 0 Å². The van der Waals surface area contributed by atoms with Crippen LogP contribution in [-0.4, -0.2) is 29.6 Å². The molecule has 1 aliphatic rings. The number of nitrogens with zero attached hydrogens (tertiary/aromatic N) is 2. The predicted molar refractivity (Wildman–Crippen MR) is 80.2 cm³/mol. The Morgan fingerprint density at radius 1 is 1.53 bits per heavy atom. The quantitative estimate of drug-likeness (QED) is 0.857. The van der Waals surface area contributed by atoms with Crippen molar-refractivity contribution < 1.29 is 4.39 Å². The van der Waals surface area contributed by atoms with Crippen LogP contribution in [0.5, 0.6) is 0 Å². The van der Waals surface area contributed by atoms with Gasteiger partial charge in [0.15, 0.2) is 5.82 Å². The zero-order chi connectivity index (χ0) is 13.4. The van der Waals surface area contributed by atoms with E-state index in [-0.39, 0.29) is 5.82 Å². The Bertz CT molecular complexity index is 611. The summed E-state index contributed by atoms with van der Waals surface area (Å²) in [6.07, 6.45) is 2.77. The van der Waals surface area contributed by atoms with Gasteiger partial charge in [0.25, 0.3) is 0 Å². The number of aromatic nitrogens is 1. The van der Waals surface area contributed by atoms with Gasteiger partial charge in [-0.2, -0.15) is 11.8 Å². The van der Waals surface area contributed by atoms with E-state index in [2.05, 4.69) is 4.98 Å². The fourth-order valence-corrected chi connectivity index (χ4v) is 3.84. The zero-order valence-corrected chi connectivity index (χ0v) is 11.6. The first-order chi connectivity index (χ1) is 9.18. The van der Waals surface area contributed by atoms with Crippen LogP contribution >= 0.6 is 11.8 Å². The summed E-state index contributed by atoms with van der Waals surface area (Å²) in [7, 11) is 1.94. The fraction of sp³-hybridized carbons (Fsp3) is 0.357. The molecule has 3 nitrogen and oxygen atoms in total. The Morgan fingerprint density at radius 2 is 2.37 bits per heavy atom. The minimum Gasteiger partial charge on any atom is -0.398 e. The van der Waals surface area contributed by atoms with E-state index < -0.39 is 0 Å². The molecule has 1 aliphatic heterocycles. The van der Waals surface area contributed by atoms with Crippen molar-refractivity contribution >= 4 is 34.0 Å². The molecule has 1 aromatic heterocycles. The molecule has 1 aromatic carbocycles. The van der Waals surface area contributed by atoms with Crippen molar-refractivity contribution in [3.63, 3.8) is 0 Å². The maximum Gasteiger partial charge on any atom is 0.150 e. The predicted octanol–water partition coefficient (Wildman–Crippen LogP) is 2.90. The van der Waals surface area contributed by atoms with Gasteiger partial charge in [0.1, 0.15) is 0 Å². The van der Waals surface area contributed by atoms with Gasteiger partial charge in [0.05, 0.1) is 11.2 Å². The van der Waals surface area contributed by atoms with Crippen LogP contribution < -0.4 is 10.6 Å². The van der Waals surface area contributed by atoms with Crippen molar-refractivity contribution in [3.05, 3.63) is 30.2 Å². The maximum atomic E-state index is 14.3. The minimum atomic E-state index is -0.289. The SMILES string of the molecule is CN(c1c(F)cc(N)c2cccnc12)C1CCSC1. The second-order valence-corrected chi connectivity index (χ2v) is 5.97. The third kappa shape index (κ3) is 2.12. The van der Waals surface area contributed by atoms with Gasteiger partial charge in [-0.25, -0.2) is 4.39 Å². The first kappa shape index (κ1) is 12.5. The van der Waals surface area contributed by atoms with Crippen molar-refractivity contribution in [2.45, 2.75) is 12.5 Å². The molecule has 3 rings (SSSR count). The smallest absolute Gasteiger partial charge is 0.150 e. The number of thioether (sulfide) groups is 1. The maximum absolute atomic E-state index is 14.3. The molecular formula is C14H16FN3S. The van der Waals surface area contributed by atoms with E-state index >= 15 is 0 Å². The molecule has 0 saturated carbocycles. The lowest BCUT2D eigenvalue weighted by molar-refractivity contribution is 0.610. The molecule has 0 spiro atoms. The molecule has 0 bridgehead atoms. The van der Waals surface area contributed by atoms with Gasteiger partial charge >= 0.3 is 0 Å². The topological polar surface area (TPSA) is 42.1 Å². The number of hydrogen-bond donors (Lipinski definition) is 1. The Morgan fingerprint density at radius 3 is 3.11 bits per heavy atom. The summed E-state index contributed by atoms with van der Waals surface area (Å²) in [5.41, 5.74) is 7.54. The summed E-state index contributed by atoms with van der Waals surface area (Å²) >= 11 is 1.91. The van der Waals surface area contributed by atoms with E-state index in [1.165, 1.54) is 6.07 Å². The molecule has 2 heterocycles. The number of anilines is 2. The average Bonchev–Trinajstić information content (AvgIpc) is 2.92. The van der Waals surface area contributed by atoms with Crippen LogP contribution in [0.4, 0.5) is 15.8 Å². The average molecular weight is 277 g/mol. The van der Waals surface area contributed by atoms with Crippen LogP contribution in [0.2, 0.25) is 0 Å². The lowest BCUT2D eigenvalue weighted by atomic mass is 10.1. The van der Waals surface area contributed by atoms with Crippen LogP contribution in [0.3, 0.4) is 0 Å². The second-order valence-electron chi connectivity index (χ2n) is 4.82. The summed E-state index contributed by atoms with van der Waals surface area (Å²) in [6.45, 7) is 0. The number of hydrogen-bond acceptors (Lipinski definition) is 4. The summed E-state index contributed by atoms with van der Waals surface area (Å²) in [5, 5.41) is 0.816. The zero-order valence-electron chi connectivity index (χ0n) is 10.8. The van der Waals surface area contributed by atoms with Crippen LogP contribution in [0.15, 0.2) is 24.4 Å². The molecule has 2 N–H and O–H groups in total. The van der Waals surface area contributed by atoms with Gasteiger partial charge in [-0.15, -0.1) is 0 Å². The largest absolute Gasteiger partial charge is 0.398 e. The molecule has 1 fully saturated rings. The lowest BCUT2D eigenvalue weighted by Gasteiger charge is -2.27. The monoisotopic (exact) mass is 277 g/mol. The third-order valence-electron chi connectivity index (χ3n) is 3.66. The molecule has 2 aromatic rings. The van der Waals surface area contributed by atoms with Gasteiger partial charge in [-0.1, -0.05) is 0 Å². The van der Waals surface area contributed by atoms with Crippen LogP contribution in [0.25, 0.3) is 10.9 Å². The van der Waals surface area contributed by atoms with E-state index in [1.54, 1.807) is 6.20 Å². The Balaban J connectivity index is 2.16. The van der Waals surface area contributed by atoms with Crippen LogP contribution in [-0.2, 0) is 0 Å². The number of nitrogens with two attached hydrogens (primary N) is 1. The van der Waals surface area contributed by atoms with E-state index in [0.29, 0.717) is 22.9 Å². The molecule has 1 atom stereocenters. The van der Waals surface area contributed by atoms with E-state index in [0.717, 1.165) is 23.3 Å². The molecule has 5 heteroatoms. The van der Waals surface area contributed by atoms with Crippen molar-refractivity contribution in [3.8, 4) is 0 Å². The molecule has 0 amide bonds. The van der Waals surface area contributed by atoms with Gasteiger partial charge in [-0.3, -0.25) is 4.98 Å². The molecule has 0 aliphatic carbocycles. The fourth-order valence-electron chi connectivity index (χ4n) is 2.57. The van der Waals surface area contributed by atoms with Gasteiger partial charge in [-0.05, 0) is 30.4 Å². The molecule has 1 saturated heterocycles. The standard InChI is InChI=1S/C14H16FN3S/c1-18(9-4-6-19-8-9)14-11(15)7-12(16)10-3-2-5-17-13(10)14/h2-3,5,7,9H,4,6,8,16H2,1H3. The number of halogens is 1. The highest BCUT2D eigenvalue weighted by atomic mass is 32.2. The Kier molecular flexibility index (Phi) is 3.22. The lowest BCUT2D eigenvalue weighted by Crippen LogP contribution is -2.32. The van der Waals surface area contributed by atoms with Crippen LogP contribution in [0, 0.1) is 5.82 Å². The minimum absolute atomic E-state index is 0.289. The highest BCUT2D eigenvalue weighted by Gasteiger charge is 2.24. The van der Waals surface area contributed by atoms with Crippen LogP contribution in [0.1, 0.15) is 6.42 Å². The molecule has 100 valence electrons. The van der Waals surface area contributed by atoms with E-state index in [1.807, 2.05) is 35.8 Å². The Hall–Kier alpha value is -1.49. The number of pyridine rings is 1. The first-order valence-electron chi connectivity index (χ1n) is 6.32. The third-order valence-corrected chi connectivity index (χ3v) is 4.80. The number of rotatable bonds is 2. The first-order valence-corrected chi connectivity index (χ1v) is 7.47. The van der Waals surface area contributed by atoms with Crippen molar-refractivity contribution in [2.75, 3.05) is 29.2 Å². The number of nitrogen functional groups attached to an aromatic ring is 1. The molecule has 0 radical (unpaired) electrons. The molecule has 1 unspecified atom stereocenters. The summed E-state index contributed by atoms with van der Waals surface area (Å²) in [5.74, 6) is 1.88. The summed E-state index contributed by atoms with van der Waals surface area (Å²) in [6, 6.07) is 5.48. The normalized spacial score (nSPS) is 18.9. The molecular weight excluding hydrogens is 261 g/mol. The van der Waals surface area contributed by atoms with Crippen molar-refractivity contribution in [1.29, 1.82) is 0 Å². The highest BCUT2D eigenvalue weighted by Crippen LogP contribution is 2.35. The van der Waals surface area contributed by atoms with Gasteiger partial charge in [0.2, 0.25) is 0 Å². The van der Waals surface area contributed by atoms with Gasteiger partial charge in [0, 0.05) is 36.1 Å². The van der Waals surface area contributed by atoms with Crippen molar-refractivity contribution in [1.82, 2.24) is 4.98 Å². The number of benzene rings is 1. The van der Waals surface area contributed by atoms with Gasteiger partial charge < -0.3 is 10.6 Å². The Labute approximate surface area is 116 Å². The van der Waals surface area contributed by atoms with E-state index in [4.69, 9.17) is 5.73 Å². The second kappa shape index (κ2) is 4.89. The summed E-state index contributed by atoms with van der Waals surface area (Å²) in [4.78, 5) is 6.34. The van der Waals surface area contributed by atoms with E-state index in [9.17, 15) is 4.39 Å². The number of fused-ring (bicyclic) bond motifs is 1.